The number of phenolic OH excluding ortho intramolecular Hbond substituents is 1. The first-order chi connectivity index (χ1) is 21.3. The largest absolute Gasteiger partial charge is 0.507 e. The maximum absolute atomic E-state index is 16.9. The minimum absolute atomic E-state index is 0.00218. The van der Waals surface area contributed by atoms with Crippen LogP contribution in [0.3, 0.4) is 0 Å². The van der Waals surface area contributed by atoms with Gasteiger partial charge in [-0.3, -0.25) is 14.3 Å². The Morgan fingerprint density at radius 3 is 2.53 bits per heavy atom. The number of piperazine rings is 1. The van der Waals surface area contributed by atoms with Crippen LogP contribution in [0.25, 0.3) is 27.7 Å². The van der Waals surface area contributed by atoms with Gasteiger partial charge in [-0.15, -0.1) is 0 Å². The fraction of sp³-hybridized carbons (Fsp3) is 0.333. The summed E-state index contributed by atoms with van der Waals surface area (Å²) >= 11 is 0. The van der Waals surface area contributed by atoms with Gasteiger partial charge in [-0.25, -0.2) is 18.0 Å². The molecule has 1 fully saturated rings. The van der Waals surface area contributed by atoms with Crippen molar-refractivity contribution < 1.29 is 23.1 Å². The number of pyridine rings is 1. The number of aryl methyl sites for hydroxylation is 1. The number of nitrogens with zero attached hydrogens (tertiary/aromatic N) is 6. The van der Waals surface area contributed by atoms with Crippen molar-refractivity contribution in [2.24, 2.45) is 0 Å². The molecule has 2 aliphatic heterocycles. The number of fused-ring (bicyclic) bond motifs is 2. The normalized spacial score (nSPS) is 17.9. The third-order valence-electron chi connectivity index (χ3n) is 8.72. The number of anilines is 2. The zero-order valence-electron chi connectivity index (χ0n) is 25.6. The van der Waals surface area contributed by atoms with Gasteiger partial charge in [0.1, 0.15) is 11.6 Å². The van der Waals surface area contributed by atoms with Gasteiger partial charge in [0.05, 0.1) is 39.6 Å². The minimum Gasteiger partial charge on any atom is -0.507 e. The van der Waals surface area contributed by atoms with Gasteiger partial charge >= 0.3 is 5.69 Å². The van der Waals surface area contributed by atoms with Gasteiger partial charge in [-0.1, -0.05) is 20.4 Å². The fourth-order valence-electron chi connectivity index (χ4n) is 6.78. The van der Waals surface area contributed by atoms with E-state index < -0.39 is 46.1 Å². The first-order valence-corrected chi connectivity index (χ1v) is 14.7. The molecule has 1 saturated heterocycles. The summed E-state index contributed by atoms with van der Waals surface area (Å²) in [5.41, 5.74) is 0.148. The highest BCUT2D eigenvalue weighted by molar-refractivity contribution is 6.05. The molecule has 234 valence electrons. The number of likely N-dealkylation sites (N-methyl/N-ethyl adjacent to an activating group) is 1. The number of hydrogen-bond donors (Lipinski definition) is 1. The van der Waals surface area contributed by atoms with E-state index >= 15 is 8.78 Å². The van der Waals surface area contributed by atoms with Crippen LogP contribution >= 0.6 is 0 Å². The van der Waals surface area contributed by atoms with E-state index in [9.17, 15) is 19.1 Å². The van der Waals surface area contributed by atoms with Crippen LogP contribution in [0.1, 0.15) is 37.9 Å². The van der Waals surface area contributed by atoms with E-state index in [1.165, 1.54) is 16.7 Å². The highest BCUT2D eigenvalue weighted by atomic mass is 19.2. The molecular formula is C33H33F3N6O3. The number of rotatable bonds is 4. The molecule has 0 saturated carbocycles. The second-order valence-corrected chi connectivity index (χ2v) is 12.0. The lowest BCUT2D eigenvalue weighted by molar-refractivity contribution is -0.127. The van der Waals surface area contributed by atoms with Crippen molar-refractivity contribution >= 4 is 28.3 Å². The molecule has 2 aliphatic rings. The van der Waals surface area contributed by atoms with Crippen LogP contribution in [0, 0.1) is 24.4 Å². The highest BCUT2D eigenvalue weighted by Crippen LogP contribution is 2.46. The Bertz CT molecular complexity index is 1960. The van der Waals surface area contributed by atoms with Crippen LogP contribution in [-0.4, -0.2) is 69.2 Å². The predicted molar refractivity (Wildman–Crippen MR) is 167 cm³/mol. The zero-order valence-corrected chi connectivity index (χ0v) is 25.6. The number of benzene rings is 2. The zero-order chi connectivity index (χ0) is 32.5. The van der Waals surface area contributed by atoms with E-state index in [4.69, 9.17) is 0 Å². The summed E-state index contributed by atoms with van der Waals surface area (Å²) in [4.78, 5) is 41.2. The van der Waals surface area contributed by atoms with Crippen molar-refractivity contribution in [3.05, 3.63) is 82.3 Å². The number of hydrogen-bond acceptors (Lipinski definition) is 7. The molecule has 0 aliphatic carbocycles. The van der Waals surface area contributed by atoms with Crippen LogP contribution in [0.5, 0.6) is 5.75 Å². The number of amides is 1. The molecule has 1 amide bonds. The van der Waals surface area contributed by atoms with Gasteiger partial charge in [0, 0.05) is 44.5 Å². The lowest BCUT2D eigenvalue weighted by atomic mass is 9.98. The van der Waals surface area contributed by atoms with E-state index in [0.29, 0.717) is 23.5 Å². The molecule has 2 aromatic heterocycles. The van der Waals surface area contributed by atoms with Gasteiger partial charge in [-0.2, -0.15) is 4.98 Å². The quantitative estimate of drug-likeness (QED) is 0.320. The van der Waals surface area contributed by atoms with Crippen molar-refractivity contribution in [2.45, 2.75) is 45.7 Å². The van der Waals surface area contributed by atoms with Crippen molar-refractivity contribution in [1.29, 1.82) is 0 Å². The maximum Gasteiger partial charge on any atom is 0.354 e. The molecule has 2 unspecified atom stereocenters. The number of carbonyl (C=O) groups excluding carboxylic acids is 1. The van der Waals surface area contributed by atoms with Crippen LogP contribution < -0.4 is 15.5 Å². The average molecular weight is 619 g/mol. The smallest absolute Gasteiger partial charge is 0.354 e. The number of phenols is 1. The molecule has 0 spiro atoms. The summed E-state index contributed by atoms with van der Waals surface area (Å²) in [5.74, 6) is -4.43. The summed E-state index contributed by atoms with van der Waals surface area (Å²) in [5, 5.41) is 11.0. The lowest BCUT2D eigenvalue weighted by Crippen LogP contribution is -2.61. The Morgan fingerprint density at radius 2 is 1.84 bits per heavy atom. The van der Waals surface area contributed by atoms with Crippen LogP contribution in [0.2, 0.25) is 0 Å². The number of aromatic nitrogens is 3. The van der Waals surface area contributed by atoms with Gasteiger partial charge in [0.25, 0.3) is 0 Å². The molecule has 6 rings (SSSR count). The molecule has 0 bridgehead atoms. The minimum atomic E-state index is -1.43. The molecule has 2 atom stereocenters. The molecule has 9 nitrogen and oxygen atoms in total. The maximum atomic E-state index is 16.9. The van der Waals surface area contributed by atoms with E-state index in [1.54, 1.807) is 29.1 Å². The van der Waals surface area contributed by atoms with Gasteiger partial charge in [0.15, 0.2) is 17.5 Å². The second kappa shape index (κ2) is 10.9. The summed E-state index contributed by atoms with van der Waals surface area (Å²) in [6.07, 6.45) is 2.88. The Hall–Kier alpha value is -4.87. The Kier molecular flexibility index (Phi) is 7.33. The van der Waals surface area contributed by atoms with Gasteiger partial charge in [-0.05, 0) is 55.7 Å². The number of aromatic hydroxyl groups is 1. The van der Waals surface area contributed by atoms with Crippen molar-refractivity contribution in [1.82, 2.24) is 19.4 Å². The molecule has 1 N–H and O–H groups in total. The second-order valence-electron chi connectivity index (χ2n) is 12.0. The first kappa shape index (κ1) is 30.2. The summed E-state index contributed by atoms with van der Waals surface area (Å²) in [6, 6.07) is 4.00. The van der Waals surface area contributed by atoms with E-state index in [1.807, 2.05) is 32.6 Å². The van der Waals surface area contributed by atoms with Gasteiger partial charge in [0.2, 0.25) is 5.91 Å². The Balaban J connectivity index is 1.78. The summed E-state index contributed by atoms with van der Waals surface area (Å²) in [6.45, 7) is 11.9. The highest BCUT2D eigenvalue weighted by Gasteiger charge is 2.41. The van der Waals surface area contributed by atoms with Crippen LogP contribution in [0.15, 0.2) is 47.9 Å². The Morgan fingerprint density at radius 1 is 1.11 bits per heavy atom. The molecule has 0 radical (unpaired) electrons. The monoisotopic (exact) mass is 618 g/mol. The van der Waals surface area contributed by atoms with Crippen molar-refractivity contribution in [3.63, 3.8) is 0 Å². The van der Waals surface area contributed by atoms with E-state index in [-0.39, 0.29) is 53.4 Å². The molecule has 2 aromatic carbocycles. The summed E-state index contributed by atoms with van der Waals surface area (Å²) < 4.78 is 48.1. The third-order valence-corrected chi connectivity index (χ3v) is 8.72. The molecule has 12 heteroatoms. The van der Waals surface area contributed by atoms with Crippen LogP contribution in [-0.2, 0) is 4.79 Å². The standard InChI is InChI=1S/C33H33F3N6O3/c1-7-24(44)40-13-18(5)41-19(15-40)14-39(6)31-26-22(12-20(27(31)35)25-23(43)9-8-21(34)28(25)36)42(33(45)38-32(26)41)30-17(4)10-11-37-29(30)16(2)3/h7-12,16,18-19,43H,1,13-15H2,2-6H3. The van der Waals surface area contributed by atoms with Crippen molar-refractivity contribution in [3.8, 4) is 22.6 Å². The molecule has 45 heavy (non-hydrogen) atoms. The molecular weight excluding hydrogens is 585 g/mol. The third kappa shape index (κ3) is 4.61. The molecule has 4 aromatic rings. The number of halogens is 3. The average Bonchev–Trinajstić information content (AvgIpc) is 3.11. The van der Waals surface area contributed by atoms with E-state index in [2.05, 4.69) is 16.5 Å². The summed E-state index contributed by atoms with van der Waals surface area (Å²) in [7, 11) is 1.65. The number of carbonyl (C=O) groups is 1. The lowest BCUT2D eigenvalue weighted by Gasteiger charge is -2.46. The first-order valence-electron chi connectivity index (χ1n) is 14.7. The fourth-order valence-corrected chi connectivity index (χ4v) is 6.78. The molecule has 4 heterocycles. The van der Waals surface area contributed by atoms with E-state index in [0.717, 1.165) is 12.1 Å². The Labute approximate surface area is 257 Å². The topological polar surface area (TPSA) is 94.8 Å². The van der Waals surface area contributed by atoms with Crippen molar-refractivity contribution in [2.75, 3.05) is 36.5 Å². The predicted octanol–water partition coefficient (Wildman–Crippen LogP) is 5.04. The SMILES string of the molecule is C=CC(=O)N1CC(C)N2c3nc(=O)n(-c4c(C)ccnc4C(C)C)c4cc(-c5c(O)ccc(F)c5F)c(F)c(c34)N(C)CC2C1. The van der Waals surface area contributed by atoms with Gasteiger partial charge < -0.3 is 19.8 Å². The van der Waals surface area contributed by atoms with Crippen LogP contribution in [0.4, 0.5) is 24.7 Å².